The molecule has 0 unspecified atom stereocenters. The highest BCUT2D eigenvalue weighted by Crippen LogP contribution is 2.47. The van der Waals surface area contributed by atoms with E-state index in [0.29, 0.717) is 6.07 Å². The van der Waals surface area contributed by atoms with E-state index < -0.39 is 26.6 Å². The minimum atomic E-state index is -4.08. The first kappa shape index (κ1) is 15.1. The summed E-state index contributed by atoms with van der Waals surface area (Å²) in [6.07, 6.45) is 1.73. The van der Waals surface area contributed by atoms with Crippen LogP contribution in [0.15, 0.2) is 53.4 Å². The monoisotopic (exact) mass is 323 g/mol. The predicted octanol–water partition coefficient (Wildman–Crippen LogP) is 2.97. The second-order valence-corrected chi connectivity index (χ2v) is 7.28. The molecule has 1 aliphatic rings. The summed E-state index contributed by atoms with van der Waals surface area (Å²) < 4.78 is 53.6. The Labute approximate surface area is 128 Å². The minimum absolute atomic E-state index is 0.176. The van der Waals surface area contributed by atoms with Crippen molar-refractivity contribution in [3.63, 3.8) is 0 Å². The second-order valence-electron chi connectivity index (χ2n) is 5.55. The standard InChI is InChI=1S/C16H15F2NO2S/c17-13-6-7-14(18)15(10-13)22(20,21)19-11-16(8-9-16)12-4-2-1-3-5-12/h1-7,10,19H,8-9,11H2. The molecule has 0 amide bonds. The molecule has 0 spiro atoms. The summed E-state index contributed by atoms with van der Waals surface area (Å²) in [5, 5.41) is 0. The molecule has 0 aliphatic heterocycles. The Morgan fingerprint density at radius 3 is 2.36 bits per heavy atom. The fourth-order valence-electron chi connectivity index (χ4n) is 2.50. The van der Waals surface area contributed by atoms with Gasteiger partial charge in [-0.15, -0.1) is 0 Å². The maximum atomic E-state index is 13.6. The van der Waals surface area contributed by atoms with Gasteiger partial charge in [0.25, 0.3) is 0 Å². The van der Waals surface area contributed by atoms with Crippen LogP contribution in [0.4, 0.5) is 8.78 Å². The van der Waals surface area contributed by atoms with Crippen molar-refractivity contribution in [2.75, 3.05) is 6.54 Å². The van der Waals surface area contributed by atoms with Crippen molar-refractivity contribution in [1.29, 1.82) is 0 Å². The Balaban J connectivity index is 1.80. The van der Waals surface area contributed by atoms with Crippen molar-refractivity contribution in [3.8, 4) is 0 Å². The van der Waals surface area contributed by atoms with Gasteiger partial charge >= 0.3 is 0 Å². The van der Waals surface area contributed by atoms with Crippen molar-refractivity contribution < 1.29 is 17.2 Å². The summed E-state index contributed by atoms with van der Waals surface area (Å²) in [7, 11) is -4.08. The summed E-state index contributed by atoms with van der Waals surface area (Å²) in [5.74, 6) is -1.75. The fraction of sp³-hybridized carbons (Fsp3) is 0.250. The number of sulfonamides is 1. The van der Waals surface area contributed by atoms with Crippen LogP contribution in [0.2, 0.25) is 0 Å². The second kappa shape index (κ2) is 5.44. The van der Waals surface area contributed by atoms with Crippen LogP contribution in [0, 0.1) is 11.6 Å². The predicted molar refractivity (Wildman–Crippen MR) is 78.9 cm³/mol. The topological polar surface area (TPSA) is 46.2 Å². The van der Waals surface area contributed by atoms with Crippen molar-refractivity contribution in [2.24, 2.45) is 0 Å². The Morgan fingerprint density at radius 1 is 1.05 bits per heavy atom. The lowest BCUT2D eigenvalue weighted by atomic mass is 9.96. The fourth-order valence-corrected chi connectivity index (χ4v) is 3.72. The molecule has 0 saturated heterocycles. The zero-order valence-corrected chi connectivity index (χ0v) is 12.5. The van der Waals surface area contributed by atoms with Crippen LogP contribution < -0.4 is 4.72 Å². The van der Waals surface area contributed by atoms with Crippen molar-refractivity contribution >= 4 is 10.0 Å². The molecule has 1 N–H and O–H groups in total. The summed E-state index contributed by atoms with van der Waals surface area (Å²) in [5.41, 5.74) is 0.815. The Morgan fingerprint density at radius 2 is 1.73 bits per heavy atom. The number of nitrogens with one attached hydrogen (secondary N) is 1. The van der Waals surface area contributed by atoms with Crippen LogP contribution >= 0.6 is 0 Å². The zero-order valence-electron chi connectivity index (χ0n) is 11.7. The molecule has 0 atom stereocenters. The number of rotatable bonds is 5. The molecular weight excluding hydrogens is 308 g/mol. The molecular formula is C16H15F2NO2S. The zero-order chi connectivity index (χ0) is 15.8. The van der Waals surface area contributed by atoms with Gasteiger partial charge in [0.2, 0.25) is 10.0 Å². The van der Waals surface area contributed by atoms with E-state index in [0.717, 1.165) is 30.5 Å². The van der Waals surface area contributed by atoms with Crippen LogP contribution in [-0.4, -0.2) is 15.0 Å². The van der Waals surface area contributed by atoms with Gasteiger partial charge < -0.3 is 0 Å². The summed E-state index contributed by atoms with van der Waals surface area (Å²) >= 11 is 0. The maximum Gasteiger partial charge on any atom is 0.243 e. The molecule has 3 nitrogen and oxygen atoms in total. The quantitative estimate of drug-likeness (QED) is 0.919. The molecule has 6 heteroatoms. The Bertz CT molecular complexity index is 787. The van der Waals surface area contributed by atoms with Crippen LogP contribution in [0.1, 0.15) is 18.4 Å². The van der Waals surface area contributed by atoms with Gasteiger partial charge in [0.05, 0.1) is 0 Å². The lowest BCUT2D eigenvalue weighted by Crippen LogP contribution is -2.32. The molecule has 1 saturated carbocycles. The van der Waals surface area contributed by atoms with Gasteiger partial charge in [-0.05, 0) is 36.6 Å². The maximum absolute atomic E-state index is 13.6. The summed E-state index contributed by atoms with van der Waals surface area (Å²) in [4.78, 5) is -0.656. The van der Waals surface area contributed by atoms with Gasteiger partial charge in [0.1, 0.15) is 16.5 Å². The van der Waals surface area contributed by atoms with Crippen molar-refractivity contribution in [2.45, 2.75) is 23.2 Å². The first-order valence-corrected chi connectivity index (χ1v) is 8.42. The van der Waals surface area contributed by atoms with Gasteiger partial charge in [-0.25, -0.2) is 21.9 Å². The lowest BCUT2D eigenvalue weighted by molar-refractivity contribution is 0.539. The lowest BCUT2D eigenvalue weighted by Gasteiger charge is -2.17. The molecule has 2 aromatic carbocycles. The first-order valence-electron chi connectivity index (χ1n) is 6.93. The third-order valence-corrected chi connectivity index (χ3v) is 5.44. The minimum Gasteiger partial charge on any atom is -0.210 e. The number of hydrogen-bond acceptors (Lipinski definition) is 2. The van der Waals surface area contributed by atoms with Gasteiger partial charge in [-0.3, -0.25) is 0 Å². The first-order chi connectivity index (χ1) is 10.4. The highest BCUT2D eigenvalue weighted by molar-refractivity contribution is 7.89. The molecule has 3 rings (SSSR count). The SMILES string of the molecule is O=S(=O)(NCC1(c2ccccc2)CC1)c1cc(F)ccc1F. The number of halogens is 2. The number of hydrogen-bond donors (Lipinski definition) is 1. The van der Waals surface area contributed by atoms with E-state index >= 15 is 0 Å². The van der Waals surface area contributed by atoms with Gasteiger partial charge in [-0.1, -0.05) is 30.3 Å². The van der Waals surface area contributed by atoms with Crippen LogP contribution in [0.5, 0.6) is 0 Å². The molecule has 1 fully saturated rings. The molecule has 116 valence electrons. The van der Waals surface area contributed by atoms with E-state index in [1.807, 2.05) is 30.3 Å². The van der Waals surface area contributed by atoms with Crippen LogP contribution in [0.25, 0.3) is 0 Å². The molecule has 2 aromatic rings. The van der Waals surface area contributed by atoms with E-state index in [4.69, 9.17) is 0 Å². The van der Waals surface area contributed by atoms with Gasteiger partial charge in [0, 0.05) is 12.0 Å². The van der Waals surface area contributed by atoms with Crippen molar-refractivity contribution in [3.05, 3.63) is 65.7 Å². The highest BCUT2D eigenvalue weighted by atomic mass is 32.2. The van der Waals surface area contributed by atoms with Gasteiger partial charge in [0.15, 0.2) is 0 Å². The average Bonchev–Trinajstić information content (AvgIpc) is 3.30. The average molecular weight is 323 g/mol. The van der Waals surface area contributed by atoms with E-state index in [1.165, 1.54) is 0 Å². The molecule has 0 radical (unpaired) electrons. The molecule has 22 heavy (non-hydrogen) atoms. The van der Waals surface area contributed by atoms with E-state index in [2.05, 4.69) is 4.72 Å². The third kappa shape index (κ3) is 2.89. The molecule has 1 aliphatic carbocycles. The van der Waals surface area contributed by atoms with E-state index in [9.17, 15) is 17.2 Å². The molecule has 0 bridgehead atoms. The largest absolute Gasteiger partial charge is 0.243 e. The summed E-state index contributed by atoms with van der Waals surface area (Å²) in [6.45, 7) is 0.176. The molecule has 0 aromatic heterocycles. The normalized spacial score (nSPS) is 16.5. The Kier molecular flexibility index (Phi) is 3.74. The molecule has 0 heterocycles. The smallest absolute Gasteiger partial charge is 0.210 e. The Hall–Kier alpha value is -1.79. The van der Waals surface area contributed by atoms with Crippen molar-refractivity contribution in [1.82, 2.24) is 4.72 Å². The van der Waals surface area contributed by atoms with Crippen LogP contribution in [0.3, 0.4) is 0 Å². The summed E-state index contributed by atoms with van der Waals surface area (Å²) in [6, 6.07) is 12.0. The third-order valence-electron chi connectivity index (χ3n) is 4.02. The van der Waals surface area contributed by atoms with Gasteiger partial charge in [-0.2, -0.15) is 0 Å². The van der Waals surface area contributed by atoms with E-state index in [1.54, 1.807) is 0 Å². The van der Waals surface area contributed by atoms with Crippen LogP contribution in [-0.2, 0) is 15.4 Å². The highest BCUT2D eigenvalue weighted by Gasteiger charge is 2.44. The van der Waals surface area contributed by atoms with E-state index in [-0.39, 0.29) is 12.0 Å². The number of benzene rings is 2.